The Morgan fingerprint density at radius 1 is 1.43 bits per heavy atom. The van der Waals surface area contributed by atoms with Gasteiger partial charge in [0.2, 0.25) is 0 Å². The molecule has 4 heteroatoms. The van der Waals surface area contributed by atoms with Crippen LogP contribution in [0.25, 0.3) is 0 Å². The van der Waals surface area contributed by atoms with E-state index >= 15 is 0 Å². The number of rotatable bonds is 5. The summed E-state index contributed by atoms with van der Waals surface area (Å²) >= 11 is 0. The fourth-order valence-corrected chi connectivity index (χ4v) is 0.978. The van der Waals surface area contributed by atoms with Crippen molar-refractivity contribution in [2.75, 3.05) is 13.1 Å². The molecule has 0 aliphatic carbocycles. The SMILES string of the molecule is CC(C)OC(=O)CN(CC#N)C(C)C. The Kier molecular flexibility index (Phi) is 5.89. The molecule has 0 spiro atoms. The quantitative estimate of drug-likeness (QED) is 0.491. The van der Waals surface area contributed by atoms with E-state index in [0.717, 1.165) is 0 Å². The van der Waals surface area contributed by atoms with E-state index in [9.17, 15) is 4.79 Å². The van der Waals surface area contributed by atoms with Gasteiger partial charge in [-0.05, 0) is 27.7 Å². The van der Waals surface area contributed by atoms with Crippen molar-refractivity contribution in [3.8, 4) is 6.07 Å². The van der Waals surface area contributed by atoms with Crippen LogP contribution in [-0.2, 0) is 9.53 Å². The van der Waals surface area contributed by atoms with E-state index < -0.39 is 0 Å². The van der Waals surface area contributed by atoms with Gasteiger partial charge in [-0.15, -0.1) is 0 Å². The van der Waals surface area contributed by atoms with Crippen molar-refractivity contribution < 1.29 is 9.53 Å². The van der Waals surface area contributed by atoms with Gasteiger partial charge in [0.15, 0.2) is 0 Å². The lowest BCUT2D eigenvalue weighted by molar-refractivity contribution is -0.149. The maximum absolute atomic E-state index is 11.3. The number of esters is 1. The summed E-state index contributed by atoms with van der Waals surface area (Å²) < 4.78 is 4.99. The van der Waals surface area contributed by atoms with Gasteiger partial charge in [0.1, 0.15) is 0 Å². The van der Waals surface area contributed by atoms with E-state index in [1.807, 2.05) is 33.8 Å². The summed E-state index contributed by atoms with van der Waals surface area (Å²) in [6.45, 7) is 7.94. The largest absolute Gasteiger partial charge is 0.462 e. The van der Waals surface area contributed by atoms with Crippen LogP contribution in [0.4, 0.5) is 0 Å². The standard InChI is InChI=1S/C10H18N2O2/c1-8(2)12(6-5-11)7-10(13)14-9(3)4/h8-9H,6-7H2,1-4H3. The Balaban J connectivity index is 4.04. The third-order valence-corrected chi connectivity index (χ3v) is 1.70. The Labute approximate surface area is 85.5 Å². The summed E-state index contributed by atoms with van der Waals surface area (Å²) in [4.78, 5) is 13.0. The molecule has 0 N–H and O–H groups in total. The van der Waals surface area contributed by atoms with Crippen LogP contribution in [0.2, 0.25) is 0 Å². The van der Waals surface area contributed by atoms with Crippen LogP contribution in [0, 0.1) is 11.3 Å². The highest BCUT2D eigenvalue weighted by atomic mass is 16.5. The second-order valence-electron chi connectivity index (χ2n) is 3.70. The molecule has 0 saturated carbocycles. The third kappa shape index (κ3) is 5.55. The maximum atomic E-state index is 11.3. The average molecular weight is 198 g/mol. The molecule has 0 fully saturated rings. The zero-order valence-corrected chi connectivity index (χ0v) is 9.28. The molecule has 0 rings (SSSR count). The van der Waals surface area contributed by atoms with E-state index in [0.29, 0.717) is 0 Å². The lowest BCUT2D eigenvalue weighted by atomic mass is 10.3. The molecule has 0 bridgehead atoms. The minimum atomic E-state index is -0.274. The fraction of sp³-hybridized carbons (Fsp3) is 0.800. The van der Waals surface area contributed by atoms with Gasteiger partial charge in [-0.3, -0.25) is 9.69 Å². The lowest BCUT2D eigenvalue weighted by Gasteiger charge is -2.22. The van der Waals surface area contributed by atoms with Gasteiger partial charge in [0, 0.05) is 6.04 Å². The number of hydrogen-bond acceptors (Lipinski definition) is 4. The summed E-state index contributed by atoms with van der Waals surface area (Å²) in [7, 11) is 0. The molecule has 0 saturated heterocycles. The molecule has 0 atom stereocenters. The molecule has 0 aromatic heterocycles. The van der Waals surface area contributed by atoms with Crippen LogP contribution in [0.3, 0.4) is 0 Å². The predicted octanol–water partition coefficient (Wildman–Crippen LogP) is 1.17. The van der Waals surface area contributed by atoms with Crippen LogP contribution >= 0.6 is 0 Å². The number of carbonyl (C=O) groups excluding carboxylic acids is 1. The number of hydrogen-bond donors (Lipinski definition) is 0. The highest BCUT2D eigenvalue weighted by Crippen LogP contribution is 1.99. The van der Waals surface area contributed by atoms with Gasteiger partial charge in [0.05, 0.1) is 25.3 Å². The van der Waals surface area contributed by atoms with Crippen molar-refractivity contribution in [3.05, 3.63) is 0 Å². The minimum absolute atomic E-state index is 0.0985. The molecule has 4 nitrogen and oxygen atoms in total. The van der Waals surface area contributed by atoms with E-state index in [1.165, 1.54) is 0 Å². The number of ether oxygens (including phenoxy) is 1. The number of nitriles is 1. The van der Waals surface area contributed by atoms with Crippen molar-refractivity contribution >= 4 is 5.97 Å². The lowest BCUT2D eigenvalue weighted by Crippen LogP contribution is -2.37. The normalized spacial score (nSPS) is 10.7. The number of carbonyl (C=O) groups is 1. The molecule has 0 heterocycles. The van der Waals surface area contributed by atoms with Crippen molar-refractivity contribution in [2.24, 2.45) is 0 Å². The first kappa shape index (κ1) is 12.9. The van der Waals surface area contributed by atoms with Gasteiger partial charge < -0.3 is 4.74 Å². The smallest absolute Gasteiger partial charge is 0.320 e. The molecule has 0 aliphatic heterocycles. The average Bonchev–Trinajstić information content (AvgIpc) is 2.01. The van der Waals surface area contributed by atoms with Crippen LogP contribution in [0.15, 0.2) is 0 Å². The summed E-state index contributed by atoms with van der Waals surface area (Å²) in [6, 6.07) is 2.20. The minimum Gasteiger partial charge on any atom is -0.462 e. The summed E-state index contributed by atoms with van der Waals surface area (Å²) in [5.74, 6) is -0.274. The fourth-order valence-electron chi connectivity index (χ4n) is 0.978. The first-order valence-electron chi connectivity index (χ1n) is 4.77. The second-order valence-corrected chi connectivity index (χ2v) is 3.70. The Bertz CT molecular complexity index is 219. The van der Waals surface area contributed by atoms with Crippen LogP contribution in [0.1, 0.15) is 27.7 Å². The Hall–Kier alpha value is -1.08. The Morgan fingerprint density at radius 2 is 2.00 bits per heavy atom. The molecular weight excluding hydrogens is 180 g/mol. The van der Waals surface area contributed by atoms with Gasteiger partial charge in [-0.1, -0.05) is 0 Å². The van der Waals surface area contributed by atoms with Crippen LogP contribution < -0.4 is 0 Å². The zero-order valence-electron chi connectivity index (χ0n) is 9.28. The van der Waals surface area contributed by atoms with Gasteiger partial charge in [0.25, 0.3) is 0 Å². The third-order valence-electron chi connectivity index (χ3n) is 1.70. The first-order valence-corrected chi connectivity index (χ1v) is 4.77. The molecule has 0 aromatic carbocycles. The van der Waals surface area contributed by atoms with Crippen molar-refractivity contribution in [1.82, 2.24) is 4.90 Å². The summed E-state index contributed by atoms with van der Waals surface area (Å²) in [5.41, 5.74) is 0. The van der Waals surface area contributed by atoms with Gasteiger partial charge >= 0.3 is 5.97 Å². The molecule has 0 radical (unpaired) electrons. The molecule has 14 heavy (non-hydrogen) atoms. The van der Waals surface area contributed by atoms with Gasteiger partial charge in [-0.25, -0.2) is 0 Å². The monoisotopic (exact) mass is 198 g/mol. The highest BCUT2D eigenvalue weighted by molar-refractivity contribution is 5.71. The van der Waals surface area contributed by atoms with Crippen LogP contribution in [0.5, 0.6) is 0 Å². The Morgan fingerprint density at radius 3 is 2.36 bits per heavy atom. The molecule has 0 unspecified atom stereocenters. The van der Waals surface area contributed by atoms with Crippen LogP contribution in [-0.4, -0.2) is 36.1 Å². The van der Waals surface area contributed by atoms with E-state index in [1.54, 1.807) is 4.90 Å². The van der Waals surface area contributed by atoms with Crippen molar-refractivity contribution in [2.45, 2.75) is 39.8 Å². The summed E-state index contributed by atoms with van der Waals surface area (Å²) in [5, 5.41) is 8.54. The highest BCUT2D eigenvalue weighted by Gasteiger charge is 2.15. The molecule has 0 amide bonds. The molecule has 0 aliphatic rings. The topological polar surface area (TPSA) is 53.3 Å². The molecule has 80 valence electrons. The van der Waals surface area contributed by atoms with E-state index in [4.69, 9.17) is 10.00 Å². The zero-order chi connectivity index (χ0) is 11.1. The van der Waals surface area contributed by atoms with E-state index in [2.05, 4.69) is 0 Å². The molecular formula is C10H18N2O2. The van der Waals surface area contributed by atoms with Gasteiger partial charge in [-0.2, -0.15) is 5.26 Å². The maximum Gasteiger partial charge on any atom is 0.320 e. The van der Waals surface area contributed by atoms with Crippen molar-refractivity contribution in [1.29, 1.82) is 5.26 Å². The second kappa shape index (κ2) is 6.39. The number of nitrogens with zero attached hydrogens (tertiary/aromatic N) is 2. The molecule has 0 aromatic rings. The summed E-state index contributed by atoms with van der Waals surface area (Å²) in [6.07, 6.45) is -0.0985. The predicted molar refractivity (Wildman–Crippen MR) is 53.6 cm³/mol. The first-order chi connectivity index (χ1) is 6.47. The van der Waals surface area contributed by atoms with Crippen molar-refractivity contribution in [3.63, 3.8) is 0 Å². The van der Waals surface area contributed by atoms with E-state index in [-0.39, 0.29) is 31.2 Å².